The van der Waals surface area contributed by atoms with Crippen LogP contribution in [0, 0.1) is 5.92 Å². The molecule has 4 N–H and O–H groups in total. The summed E-state index contributed by atoms with van der Waals surface area (Å²) in [5.74, 6) is 2.48. The average Bonchev–Trinajstić information content (AvgIpc) is 2.97. The van der Waals surface area contributed by atoms with Gasteiger partial charge in [0.2, 0.25) is 11.9 Å². The molecule has 9 nitrogen and oxygen atoms in total. The van der Waals surface area contributed by atoms with E-state index in [4.69, 9.17) is 11.5 Å². The van der Waals surface area contributed by atoms with Crippen molar-refractivity contribution >= 4 is 29.2 Å². The number of hydrogen-bond acceptors (Lipinski definition) is 8. The SMILES string of the molecule is CN1CCN(c2cc(N3CCc4ccc(N5CCC(Cc6ccc(C(N)=O)cc6)CC5)cc4C3)nc(N)n2)CC1. The number of rotatable bonds is 6. The van der Waals surface area contributed by atoms with Gasteiger partial charge in [0.05, 0.1) is 0 Å². The monoisotopic (exact) mass is 540 g/mol. The van der Waals surface area contributed by atoms with Crippen molar-refractivity contribution in [2.24, 2.45) is 11.7 Å². The van der Waals surface area contributed by atoms with Crippen LogP contribution in [0.4, 0.5) is 23.3 Å². The van der Waals surface area contributed by atoms with Crippen LogP contribution in [0.1, 0.15) is 39.9 Å². The first kappa shape index (κ1) is 26.4. The molecule has 2 saturated heterocycles. The van der Waals surface area contributed by atoms with Crippen LogP contribution in [0.25, 0.3) is 0 Å². The van der Waals surface area contributed by atoms with E-state index in [1.54, 1.807) is 0 Å². The topological polar surface area (TPSA) is 108 Å². The summed E-state index contributed by atoms with van der Waals surface area (Å²) in [6.45, 7) is 7.84. The summed E-state index contributed by atoms with van der Waals surface area (Å²) in [5, 5.41) is 0. The van der Waals surface area contributed by atoms with Gasteiger partial charge < -0.3 is 31.1 Å². The number of benzene rings is 2. The second kappa shape index (κ2) is 11.3. The molecule has 3 aliphatic rings. The Morgan fingerprint density at radius 2 is 1.52 bits per heavy atom. The number of carbonyl (C=O) groups excluding carboxylic acids is 1. The number of likely N-dealkylation sites (N-methyl/N-ethyl adjacent to an activating group) is 1. The largest absolute Gasteiger partial charge is 0.372 e. The third-order valence-corrected chi connectivity index (χ3v) is 8.81. The third-order valence-electron chi connectivity index (χ3n) is 8.81. The van der Waals surface area contributed by atoms with Crippen LogP contribution in [0.15, 0.2) is 48.5 Å². The normalized spacial score (nSPS) is 18.6. The molecule has 1 aromatic heterocycles. The van der Waals surface area contributed by atoms with Crippen LogP contribution >= 0.6 is 0 Å². The lowest BCUT2D eigenvalue weighted by atomic mass is 9.89. The minimum absolute atomic E-state index is 0.345. The highest BCUT2D eigenvalue weighted by molar-refractivity contribution is 5.92. The van der Waals surface area contributed by atoms with Gasteiger partial charge in [0.15, 0.2) is 0 Å². The van der Waals surface area contributed by atoms with Gasteiger partial charge >= 0.3 is 0 Å². The molecular formula is C31H40N8O. The van der Waals surface area contributed by atoms with E-state index in [0.717, 1.165) is 89.7 Å². The van der Waals surface area contributed by atoms with Crippen molar-refractivity contribution in [1.29, 1.82) is 0 Å². The van der Waals surface area contributed by atoms with Gasteiger partial charge in [-0.25, -0.2) is 0 Å². The molecule has 0 radical (unpaired) electrons. The lowest BCUT2D eigenvalue weighted by molar-refractivity contribution is 0.100. The van der Waals surface area contributed by atoms with Crippen LogP contribution < -0.4 is 26.2 Å². The number of aromatic nitrogens is 2. The van der Waals surface area contributed by atoms with Crippen LogP contribution in [0.3, 0.4) is 0 Å². The second-order valence-corrected chi connectivity index (χ2v) is 11.6. The average molecular weight is 541 g/mol. The number of piperidine rings is 1. The van der Waals surface area contributed by atoms with Crippen molar-refractivity contribution in [3.8, 4) is 0 Å². The number of nitrogen functional groups attached to an aromatic ring is 1. The first-order valence-electron chi connectivity index (χ1n) is 14.5. The maximum Gasteiger partial charge on any atom is 0.248 e. The number of piperazine rings is 1. The number of nitrogens with two attached hydrogens (primary N) is 2. The highest BCUT2D eigenvalue weighted by Crippen LogP contribution is 2.31. The highest BCUT2D eigenvalue weighted by Gasteiger charge is 2.24. The summed E-state index contributed by atoms with van der Waals surface area (Å²) in [4.78, 5) is 30.1. The Balaban J connectivity index is 1.09. The van der Waals surface area contributed by atoms with Crippen LogP contribution in [0.5, 0.6) is 0 Å². The third kappa shape index (κ3) is 5.84. The molecule has 210 valence electrons. The van der Waals surface area contributed by atoms with Crippen molar-refractivity contribution in [2.75, 3.05) is 73.3 Å². The maximum absolute atomic E-state index is 11.3. The molecular weight excluding hydrogens is 500 g/mol. The first-order chi connectivity index (χ1) is 19.4. The van der Waals surface area contributed by atoms with Gasteiger partial charge in [-0.2, -0.15) is 9.97 Å². The molecule has 2 fully saturated rings. The minimum Gasteiger partial charge on any atom is -0.372 e. The van der Waals surface area contributed by atoms with Crippen molar-refractivity contribution in [3.63, 3.8) is 0 Å². The van der Waals surface area contributed by atoms with E-state index < -0.39 is 0 Å². The molecule has 3 aliphatic heterocycles. The number of carbonyl (C=O) groups is 1. The first-order valence-corrected chi connectivity index (χ1v) is 14.5. The fourth-order valence-corrected chi connectivity index (χ4v) is 6.27. The lowest BCUT2D eigenvalue weighted by Crippen LogP contribution is -2.45. The molecule has 0 spiro atoms. The molecule has 0 saturated carbocycles. The Labute approximate surface area is 236 Å². The van der Waals surface area contributed by atoms with E-state index >= 15 is 0 Å². The van der Waals surface area contributed by atoms with Crippen LogP contribution in [-0.4, -0.2) is 73.6 Å². The number of anilines is 4. The van der Waals surface area contributed by atoms with Crippen molar-refractivity contribution in [1.82, 2.24) is 14.9 Å². The maximum atomic E-state index is 11.3. The summed E-state index contributed by atoms with van der Waals surface area (Å²) in [6, 6.07) is 16.9. The highest BCUT2D eigenvalue weighted by atomic mass is 16.1. The number of nitrogens with zero attached hydrogens (tertiary/aromatic N) is 6. The summed E-state index contributed by atoms with van der Waals surface area (Å²) < 4.78 is 0. The number of hydrogen-bond donors (Lipinski definition) is 2. The van der Waals surface area contributed by atoms with E-state index in [9.17, 15) is 4.79 Å². The lowest BCUT2D eigenvalue weighted by Gasteiger charge is -2.36. The quantitative estimate of drug-likeness (QED) is 0.492. The standard InChI is InChI=1S/C31H40N8O/c1-36-14-16-38(17-15-36)28-20-29(35-31(33)34-28)39-13-10-24-6-7-27(19-26(24)21-39)37-11-8-23(9-12-37)18-22-2-4-25(5-3-22)30(32)40/h2-7,19-20,23H,8-18,21H2,1H3,(H2,32,40)(H2,33,34,35). The molecule has 2 aromatic carbocycles. The fourth-order valence-electron chi connectivity index (χ4n) is 6.27. The summed E-state index contributed by atoms with van der Waals surface area (Å²) in [5.41, 5.74) is 17.5. The van der Waals surface area contributed by atoms with Gasteiger partial charge in [0.25, 0.3) is 0 Å². The van der Waals surface area contributed by atoms with Gasteiger partial charge in [-0.15, -0.1) is 0 Å². The molecule has 40 heavy (non-hydrogen) atoms. The number of amides is 1. The Bertz CT molecular complexity index is 1340. The zero-order chi connectivity index (χ0) is 27.6. The Morgan fingerprint density at radius 1 is 0.825 bits per heavy atom. The van der Waals surface area contributed by atoms with Crippen LogP contribution in [-0.2, 0) is 19.4 Å². The molecule has 0 atom stereocenters. The van der Waals surface area contributed by atoms with Crippen molar-refractivity contribution in [3.05, 3.63) is 70.8 Å². The van der Waals surface area contributed by atoms with Gasteiger partial charge in [-0.1, -0.05) is 18.2 Å². The zero-order valence-corrected chi connectivity index (χ0v) is 23.4. The molecule has 0 aliphatic carbocycles. The van der Waals surface area contributed by atoms with E-state index in [1.165, 1.54) is 22.4 Å². The van der Waals surface area contributed by atoms with E-state index in [-0.39, 0.29) is 5.91 Å². The van der Waals surface area contributed by atoms with E-state index in [2.05, 4.69) is 60.9 Å². The van der Waals surface area contributed by atoms with E-state index in [0.29, 0.717) is 17.4 Å². The molecule has 6 rings (SSSR count). The second-order valence-electron chi connectivity index (χ2n) is 11.6. The summed E-state index contributed by atoms with van der Waals surface area (Å²) in [7, 11) is 2.16. The molecule has 9 heteroatoms. The van der Waals surface area contributed by atoms with Crippen LogP contribution in [0.2, 0.25) is 0 Å². The Hall–Kier alpha value is -3.85. The molecule has 1 amide bonds. The van der Waals surface area contributed by atoms with Gasteiger partial charge in [-0.05, 0) is 79.6 Å². The predicted molar refractivity (Wildman–Crippen MR) is 161 cm³/mol. The summed E-state index contributed by atoms with van der Waals surface area (Å²) >= 11 is 0. The predicted octanol–water partition coefficient (Wildman–Crippen LogP) is 2.93. The number of primary amides is 1. The zero-order valence-electron chi connectivity index (χ0n) is 23.4. The summed E-state index contributed by atoms with van der Waals surface area (Å²) in [6.07, 6.45) is 4.37. The molecule has 4 heterocycles. The molecule has 0 unspecified atom stereocenters. The fraction of sp³-hybridized carbons (Fsp3) is 0.452. The van der Waals surface area contributed by atoms with Crippen molar-refractivity contribution in [2.45, 2.75) is 32.2 Å². The Morgan fingerprint density at radius 3 is 2.23 bits per heavy atom. The molecule has 3 aromatic rings. The Kier molecular flexibility index (Phi) is 7.47. The van der Waals surface area contributed by atoms with Gasteiger partial charge in [0.1, 0.15) is 11.6 Å². The molecule has 0 bridgehead atoms. The minimum atomic E-state index is -0.371. The smallest absolute Gasteiger partial charge is 0.248 e. The van der Waals surface area contributed by atoms with Gasteiger partial charge in [0, 0.05) is 69.7 Å². The van der Waals surface area contributed by atoms with Crippen molar-refractivity contribution < 1.29 is 4.79 Å². The number of fused-ring (bicyclic) bond motifs is 1. The van der Waals surface area contributed by atoms with Gasteiger partial charge in [-0.3, -0.25) is 4.79 Å². The van der Waals surface area contributed by atoms with E-state index in [1.807, 2.05) is 24.3 Å².